The molecular formula is C27H26ClN3O4. The van der Waals surface area contributed by atoms with Crippen LogP contribution in [0.15, 0.2) is 72.8 Å². The first-order chi connectivity index (χ1) is 17.0. The van der Waals surface area contributed by atoms with Gasteiger partial charge < -0.3 is 24.0 Å². The molecule has 1 aromatic heterocycles. The molecule has 1 saturated heterocycles. The topological polar surface area (TPSA) is 76.8 Å². The number of imidazole rings is 1. The van der Waals surface area contributed by atoms with Gasteiger partial charge in [0.1, 0.15) is 30.0 Å². The minimum Gasteiger partial charge on any atom is -0.497 e. The van der Waals surface area contributed by atoms with Crippen LogP contribution in [0.1, 0.15) is 18.2 Å². The number of methoxy groups -OCH3 is 1. The summed E-state index contributed by atoms with van der Waals surface area (Å²) < 4.78 is 13.1. The van der Waals surface area contributed by atoms with Gasteiger partial charge in [-0.1, -0.05) is 41.9 Å². The van der Waals surface area contributed by atoms with Crippen LogP contribution in [0.3, 0.4) is 0 Å². The average Bonchev–Trinajstić information content (AvgIpc) is 3.44. The van der Waals surface area contributed by atoms with Crippen LogP contribution in [0.5, 0.6) is 11.5 Å². The molecule has 1 aliphatic heterocycles. The summed E-state index contributed by atoms with van der Waals surface area (Å²) in [6.45, 7) is 0.862. The van der Waals surface area contributed by atoms with Crippen molar-refractivity contribution in [3.8, 4) is 11.5 Å². The molecule has 3 aromatic carbocycles. The normalized spacial score (nSPS) is 16.6. The fraction of sp³-hybridized carbons (Fsp3) is 0.259. The monoisotopic (exact) mass is 491 g/mol. The number of aliphatic hydroxyl groups is 1. The van der Waals surface area contributed by atoms with Crippen molar-refractivity contribution in [3.63, 3.8) is 0 Å². The number of aliphatic hydroxyl groups excluding tert-OH is 1. The van der Waals surface area contributed by atoms with Crippen molar-refractivity contribution in [1.82, 2.24) is 9.55 Å². The van der Waals surface area contributed by atoms with Gasteiger partial charge in [-0.05, 0) is 36.4 Å². The van der Waals surface area contributed by atoms with Crippen molar-refractivity contribution in [3.05, 3.63) is 83.6 Å². The maximum absolute atomic E-state index is 13.0. The molecule has 8 heteroatoms. The Morgan fingerprint density at radius 3 is 2.74 bits per heavy atom. The fourth-order valence-electron chi connectivity index (χ4n) is 4.52. The Morgan fingerprint density at radius 1 is 1.11 bits per heavy atom. The molecule has 0 spiro atoms. The molecule has 4 aromatic rings. The number of carbonyl (C=O) groups is 1. The number of para-hydroxylation sites is 3. The van der Waals surface area contributed by atoms with E-state index in [4.69, 9.17) is 26.1 Å². The standard InChI is InChI=1S/C27H26ClN3O4/c1-34-21-8-6-7-19(14-21)30-15-18(13-26(30)33)27-29-23-10-3-4-11-24(23)31(27)16-20(32)17-35-25-12-5-2-9-22(25)28/h2-12,14,18,20,32H,13,15-17H2,1H3/t18-,20-/m1/s1. The maximum Gasteiger partial charge on any atom is 0.227 e. The third-order valence-electron chi connectivity index (χ3n) is 6.20. The predicted octanol–water partition coefficient (Wildman–Crippen LogP) is 4.66. The molecule has 2 heterocycles. The number of carbonyl (C=O) groups excluding carboxylic acids is 1. The SMILES string of the molecule is COc1cccc(N2C[C@H](c3nc4ccccc4n3C[C@@H](O)COc3ccccc3Cl)CC2=O)c1. The molecular weight excluding hydrogens is 466 g/mol. The number of nitrogens with zero attached hydrogens (tertiary/aromatic N) is 3. The number of benzene rings is 3. The van der Waals surface area contributed by atoms with Crippen LogP contribution in [-0.4, -0.2) is 46.9 Å². The van der Waals surface area contributed by atoms with Crippen LogP contribution in [0, 0.1) is 0 Å². The summed E-state index contributed by atoms with van der Waals surface area (Å²) in [5.41, 5.74) is 2.54. The summed E-state index contributed by atoms with van der Waals surface area (Å²) >= 11 is 6.17. The largest absolute Gasteiger partial charge is 0.497 e. The van der Waals surface area contributed by atoms with Gasteiger partial charge in [0.15, 0.2) is 0 Å². The molecule has 2 atom stereocenters. The lowest BCUT2D eigenvalue weighted by molar-refractivity contribution is -0.117. The highest BCUT2D eigenvalue weighted by molar-refractivity contribution is 6.32. The minimum absolute atomic E-state index is 0.0319. The van der Waals surface area contributed by atoms with E-state index >= 15 is 0 Å². The van der Waals surface area contributed by atoms with E-state index in [1.54, 1.807) is 24.1 Å². The Labute approximate surface area is 208 Å². The van der Waals surface area contributed by atoms with E-state index < -0.39 is 6.10 Å². The number of amides is 1. The van der Waals surface area contributed by atoms with Crippen molar-refractivity contribution in [2.45, 2.75) is 25.0 Å². The van der Waals surface area contributed by atoms with E-state index in [0.29, 0.717) is 29.5 Å². The number of hydrogen-bond donors (Lipinski definition) is 1. The van der Waals surface area contributed by atoms with Gasteiger partial charge in [-0.25, -0.2) is 4.98 Å². The van der Waals surface area contributed by atoms with Crippen molar-refractivity contribution >= 4 is 34.2 Å². The predicted molar refractivity (Wildman–Crippen MR) is 135 cm³/mol. The molecule has 0 bridgehead atoms. The summed E-state index contributed by atoms with van der Waals surface area (Å²) in [4.78, 5) is 19.6. The molecule has 0 unspecified atom stereocenters. The summed E-state index contributed by atoms with van der Waals surface area (Å²) in [5, 5.41) is 11.3. The van der Waals surface area contributed by atoms with Crippen LogP contribution in [0.2, 0.25) is 5.02 Å². The summed E-state index contributed by atoms with van der Waals surface area (Å²) in [5.74, 6) is 1.93. The second-order valence-corrected chi connectivity index (χ2v) is 8.98. The minimum atomic E-state index is -0.797. The fourth-order valence-corrected chi connectivity index (χ4v) is 4.71. The van der Waals surface area contributed by atoms with Gasteiger partial charge in [-0.3, -0.25) is 4.79 Å². The highest BCUT2D eigenvalue weighted by Gasteiger charge is 2.35. The number of rotatable bonds is 8. The van der Waals surface area contributed by atoms with E-state index in [0.717, 1.165) is 22.5 Å². The van der Waals surface area contributed by atoms with Crippen molar-refractivity contribution in [2.24, 2.45) is 0 Å². The molecule has 180 valence electrons. The molecule has 1 N–H and O–H groups in total. The zero-order valence-corrected chi connectivity index (χ0v) is 20.1. The van der Waals surface area contributed by atoms with Gasteiger partial charge >= 0.3 is 0 Å². The highest BCUT2D eigenvalue weighted by atomic mass is 35.5. The number of hydrogen-bond acceptors (Lipinski definition) is 5. The number of anilines is 1. The van der Waals surface area contributed by atoms with Crippen LogP contribution in [-0.2, 0) is 11.3 Å². The lowest BCUT2D eigenvalue weighted by atomic mass is 10.1. The van der Waals surface area contributed by atoms with Crippen LogP contribution < -0.4 is 14.4 Å². The van der Waals surface area contributed by atoms with Gasteiger partial charge in [-0.15, -0.1) is 0 Å². The Morgan fingerprint density at radius 2 is 1.91 bits per heavy atom. The zero-order chi connectivity index (χ0) is 24.4. The second kappa shape index (κ2) is 9.98. The number of halogens is 1. The number of aromatic nitrogens is 2. The van der Waals surface area contributed by atoms with E-state index in [1.165, 1.54) is 0 Å². The quantitative estimate of drug-likeness (QED) is 0.388. The Bertz CT molecular complexity index is 1360. The van der Waals surface area contributed by atoms with Crippen molar-refractivity contribution in [2.75, 3.05) is 25.2 Å². The number of fused-ring (bicyclic) bond motifs is 1. The van der Waals surface area contributed by atoms with Crippen LogP contribution >= 0.6 is 11.6 Å². The van der Waals surface area contributed by atoms with Gasteiger partial charge in [0.05, 0.1) is 29.7 Å². The molecule has 0 aliphatic carbocycles. The first-order valence-corrected chi connectivity index (χ1v) is 11.9. The number of ether oxygens (including phenoxy) is 2. The van der Waals surface area contributed by atoms with E-state index in [1.807, 2.05) is 65.2 Å². The highest BCUT2D eigenvalue weighted by Crippen LogP contribution is 2.34. The maximum atomic E-state index is 13.0. The molecule has 1 aliphatic rings. The van der Waals surface area contributed by atoms with Crippen LogP contribution in [0.4, 0.5) is 5.69 Å². The summed E-state index contributed by atoms with van der Waals surface area (Å²) in [7, 11) is 1.61. The zero-order valence-electron chi connectivity index (χ0n) is 19.3. The van der Waals surface area contributed by atoms with E-state index in [2.05, 4.69) is 0 Å². The smallest absolute Gasteiger partial charge is 0.227 e. The van der Waals surface area contributed by atoms with E-state index in [-0.39, 0.29) is 25.0 Å². The van der Waals surface area contributed by atoms with Gasteiger partial charge in [0, 0.05) is 30.6 Å². The van der Waals surface area contributed by atoms with Gasteiger partial charge in [0.2, 0.25) is 5.91 Å². The molecule has 0 saturated carbocycles. The Hall–Kier alpha value is -3.55. The Balaban J connectivity index is 1.39. The van der Waals surface area contributed by atoms with Crippen molar-refractivity contribution < 1.29 is 19.4 Å². The van der Waals surface area contributed by atoms with Gasteiger partial charge in [0.25, 0.3) is 0 Å². The molecule has 1 amide bonds. The third kappa shape index (κ3) is 4.83. The first kappa shape index (κ1) is 23.2. The lowest BCUT2D eigenvalue weighted by Crippen LogP contribution is -2.26. The lowest BCUT2D eigenvalue weighted by Gasteiger charge is -2.19. The first-order valence-electron chi connectivity index (χ1n) is 11.5. The Kier molecular flexibility index (Phi) is 6.61. The van der Waals surface area contributed by atoms with Gasteiger partial charge in [-0.2, -0.15) is 0 Å². The van der Waals surface area contributed by atoms with Crippen LogP contribution in [0.25, 0.3) is 11.0 Å². The molecule has 0 radical (unpaired) electrons. The summed E-state index contributed by atoms with van der Waals surface area (Å²) in [6, 6.07) is 22.5. The average molecular weight is 492 g/mol. The van der Waals surface area contributed by atoms with E-state index in [9.17, 15) is 9.90 Å². The molecule has 35 heavy (non-hydrogen) atoms. The molecule has 7 nitrogen and oxygen atoms in total. The molecule has 1 fully saturated rings. The molecule has 5 rings (SSSR count). The second-order valence-electron chi connectivity index (χ2n) is 8.57. The van der Waals surface area contributed by atoms with Crippen molar-refractivity contribution in [1.29, 1.82) is 0 Å². The summed E-state index contributed by atoms with van der Waals surface area (Å²) in [6.07, 6.45) is -0.457. The third-order valence-corrected chi connectivity index (χ3v) is 6.51.